The van der Waals surface area contributed by atoms with Crippen molar-refractivity contribution >= 4 is 29.1 Å². The Balaban J connectivity index is 1.51. The Kier molecular flexibility index (Phi) is 9.44. The van der Waals surface area contributed by atoms with E-state index in [-0.39, 0.29) is 17.9 Å². The van der Waals surface area contributed by atoms with Crippen LogP contribution in [0.3, 0.4) is 0 Å². The van der Waals surface area contributed by atoms with Crippen molar-refractivity contribution in [3.63, 3.8) is 0 Å². The molecule has 2 aromatic carbocycles. The van der Waals surface area contributed by atoms with Gasteiger partial charge >= 0.3 is 0 Å². The van der Waals surface area contributed by atoms with Gasteiger partial charge in [-0.2, -0.15) is 5.26 Å². The summed E-state index contributed by atoms with van der Waals surface area (Å²) in [6.07, 6.45) is 9.22. The number of carbonyl (C=O) groups excluding carboxylic acids is 1. The number of hydrogen-bond acceptors (Lipinski definition) is 7. The number of nitrogens with one attached hydrogen (secondary N) is 2. The molecule has 2 atom stereocenters. The second kappa shape index (κ2) is 13.4. The molecule has 8 nitrogen and oxygen atoms in total. The number of rotatable bonds is 10. The van der Waals surface area contributed by atoms with Crippen molar-refractivity contribution in [2.75, 3.05) is 30.9 Å². The van der Waals surface area contributed by atoms with Crippen molar-refractivity contribution in [1.82, 2.24) is 4.98 Å². The standard InChI is InChI=1S/C31H33N5O3/c1-21-9-10-26(36-31(37)24-7-4-6-23(14-24)22(2)16-32)15-29(21)35-18-25(17-33-3)28-19-34-12-11-30(28)39-20-27-8-5-13-38-27/h4,6-7,9-12,14-15,17-19,22,27,35H,5,8,13,20H2,1-3H3,(H,36,37)/b25-18+,33-17?. The van der Waals surface area contributed by atoms with Gasteiger partial charge in [-0.05, 0) is 68.1 Å². The minimum absolute atomic E-state index is 0.106. The van der Waals surface area contributed by atoms with E-state index in [0.717, 1.165) is 47.4 Å². The molecule has 0 radical (unpaired) electrons. The summed E-state index contributed by atoms with van der Waals surface area (Å²) < 4.78 is 11.8. The van der Waals surface area contributed by atoms with Crippen LogP contribution in [0.15, 0.2) is 72.1 Å². The Morgan fingerprint density at radius 3 is 2.95 bits per heavy atom. The van der Waals surface area contributed by atoms with Gasteiger partial charge in [0.25, 0.3) is 5.91 Å². The Labute approximate surface area is 229 Å². The van der Waals surface area contributed by atoms with Crippen LogP contribution in [-0.2, 0) is 4.74 Å². The number of ether oxygens (including phenoxy) is 2. The predicted molar refractivity (Wildman–Crippen MR) is 154 cm³/mol. The van der Waals surface area contributed by atoms with E-state index in [4.69, 9.17) is 9.47 Å². The van der Waals surface area contributed by atoms with Crippen LogP contribution < -0.4 is 15.4 Å². The first-order valence-electron chi connectivity index (χ1n) is 13.0. The fourth-order valence-corrected chi connectivity index (χ4v) is 4.24. The lowest BCUT2D eigenvalue weighted by Crippen LogP contribution is -2.17. The number of aryl methyl sites for hydroxylation is 1. The lowest BCUT2D eigenvalue weighted by molar-refractivity contribution is 0.0678. The predicted octanol–water partition coefficient (Wildman–Crippen LogP) is 5.98. The molecule has 0 bridgehead atoms. The van der Waals surface area contributed by atoms with Crippen LogP contribution in [0.4, 0.5) is 11.4 Å². The van der Waals surface area contributed by atoms with Crippen LogP contribution in [0.25, 0.3) is 5.57 Å². The van der Waals surface area contributed by atoms with Crippen molar-refractivity contribution in [2.45, 2.75) is 38.7 Å². The number of allylic oxidation sites excluding steroid dienone is 1. The maximum absolute atomic E-state index is 12.9. The summed E-state index contributed by atoms with van der Waals surface area (Å²) in [4.78, 5) is 21.4. The SMILES string of the molecule is CN=C/C(=C\Nc1cc(NC(=O)c2cccc(C(C)C#N)c2)ccc1C)c1cnccc1OCC1CCCO1. The minimum Gasteiger partial charge on any atom is -0.490 e. The van der Waals surface area contributed by atoms with Crippen LogP contribution in [0.1, 0.15) is 52.7 Å². The Morgan fingerprint density at radius 2 is 2.18 bits per heavy atom. The Hall–Kier alpha value is -4.48. The summed E-state index contributed by atoms with van der Waals surface area (Å²) in [5, 5.41) is 15.5. The minimum atomic E-state index is -0.289. The van der Waals surface area contributed by atoms with Crippen molar-refractivity contribution in [3.05, 3.63) is 89.4 Å². The maximum atomic E-state index is 12.9. The fraction of sp³-hybridized carbons (Fsp3) is 0.290. The van der Waals surface area contributed by atoms with Crippen LogP contribution in [0.2, 0.25) is 0 Å². The van der Waals surface area contributed by atoms with Gasteiger partial charge in [-0.25, -0.2) is 0 Å². The van der Waals surface area contributed by atoms with E-state index >= 15 is 0 Å². The first-order chi connectivity index (χ1) is 19.0. The van der Waals surface area contributed by atoms with Gasteiger partial charge in [0.05, 0.1) is 18.1 Å². The topological polar surface area (TPSA) is 109 Å². The van der Waals surface area contributed by atoms with E-state index in [9.17, 15) is 10.1 Å². The molecule has 2 unspecified atom stereocenters. The molecule has 8 heteroatoms. The molecule has 1 fully saturated rings. The average molecular weight is 524 g/mol. The molecule has 0 spiro atoms. The van der Waals surface area contributed by atoms with E-state index in [2.05, 4.69) is 26.7 Å². The van der Waals surface area contributed by atoms with Gasteiger partial charge in [-0.15, -0.1) is 0 Å². The third-order valence-electron chi connectivity index (χ3n) is 6.53. The highest BCUT2D eigenvalue weighted by molar-refractivity contribution is 6.11. The summed E-state index contributed by atoms with van der Waals surface area (Å²) in [6, 6.07) is 16.9. The van der Waals surface area contributed by atoms with E-state index in [1.807, 2.05) is 50.4 Å². The number of aliphatic imine (C=N–C) groups is 1. The molecule has 1 saturated heterocycles. The first-order valence-corrected chi connectivity index (χ1v) is 13.0. The van der Waals surface area contributed by atoms with E-state index in [1.54, 1.807) is 43.9 Å². The third-order valence-corrected chi connectivity index (χ3v) is 6.53. The van der Waals surface area contributed by atoms with Crippen molar-refractivity contribution in [1.29, 1.82) is 5.26 Å². The molecule has 0 aliphatic carbocycles. The monoisotopic (exact) mass is 523 g/mol. The van der Waals surface area contributed by atoms with E-state index in [1.165, 1.54) is 0 Å². The Morgan fingerprint density at radius 1 is 1.31 bits per heavy atom. The van der Waals surface area contributed by atoms with Gasteiger partial charge in [0, 0.05) is 66.5 Å². The molecule has 1 amide bonds. The zero-order valence-corrected chi connectivity index (χ0v) is 22.5. The zero-order chi connectivity index (χ0) is 27.6. The molecule has 1 aromatic heterocycles. The average Bonchev–Trinajstić information content (AvgIpc) is 3.49. The fourth-order valence-electron chi connectivity index (χ4n) is 4.24. The summed E-state index contributed by atoms with van der Waals surface area (Å²) in [7, 11) is 1.71. The molecule has 2 heterocycles. The van der Waals surface area contributed by atoms with Gasteiger partial charge in [0.1, 0.15) is 12.4 Å². The number of carbonyl (C=O) groups is 1. The quantitative estimate of drug-likeness (QED) is 0.317. The second-order valence-electron chi connectivity index (χ2n) is 9.41. The zero-order valence-electron chi connectivity index (χ0n) is 22.5. The molecule has 3 aromatic rings. The molecular formula is C31H33N5O3. The molecule has 4 rings (SSSR count). The smallest absolute Gasteiger partial charge is 0.255 e. The molecule has 200 valence electrons. The normalized spacial score (nSPS) is 16.1. The first kappa shape index (κ1) is 27.6. The molecule has 0 saturated carbocycles. The molecule has 2 N–H and O–H groups in total. The third kappa shape index (κ3) is 7.30. The summed E-state index contributed by atoms with van der Waals surface area (Å²) in [6.45, 7) is 5.06. The van der Waals surface area contributed by atoms with Gasteiger partial charge in [-0.3, -0.25) is 14.8 Å². The lowest BCUT2D eigenvalue weighted by atomic mass is 10.00. The highest BCUT2D eigenvalue weighted by Crippen LogP contribution is 2.27. The number of aromatic nitrogens is 1. The number of amides is 1. The number of hydrogen-bond donors (Lipinski definition) is 2. The van der Waals surface area contributed by atoms with Gasteiger partial charge in [0.15, 0.2) is 0 Å². The highest BCUT2D eigenvalue weighted by Gasteiger charge is 2.17. The van der Waals surface area contributed by atoms with Gasteiger partial charge in [0.2, 0.25) is 0 Å². The maximum Gasteiger partial charge on any atom is 0.255 e. The number of benzene rings is 2. The second-order valence-corrected chi connectivity index (χ2v) is 9.41. The number of nitriles is 1. The van der Waals surface area contributed by atoms with Gasteiger partial charge in [-0.1, -0.05) is 18.2 Å². The summed E-state index contributed by atoms with van der Waals surface area (Å²) >= 11 is 0. The van der Waals surface area contributed by atoms with Crippen LogP contribution in [0.5, 0.6) is 5.75 Å². The van der Waals surface area contributed by atoms with Crippen molar-refractivity contribution in [2.24, 2.45) is 4.99 Å². The summed E-state index contributed by atoms with van der Waals surface area (Å²) in [5.41, 5.74) is 5.38. The molecule has 39 heavy (non-hydrogen) atoms. The van der Waals surface area contributed by atoms with Crippen molar-refractivity contribution in [3.8, 4) is 11.8 Å². The van der Waals surface area contributed by atoms with Crippen LogP contribution in [0, 0.1) is 18.3 Å². The highest BCUT2D eigenvalue weighted by atomic mass is 16.5. The molecule has 1 aliphatic rings. The van der Waals surface area contributed by atoms with E-state index < -0.39 is 0 Å². The molecular weight excluding hydrogens is 490 g/mol. The van der Waals surface area contributed by atoms with Crippen LogP contribution >= 0.6 is 0 Å². The van der Waals surface area contributed by atoms with Crippen LogP contribution in [-0.4, -0.2) is 43.5 Å². The number of anilines is 2. The van der Waals surface area contributed by atoms with Gasteiger partial charge < -0.3 is 20.1 Å². The number of nitrogens with zero attached hydrogens (tertiary/aromatic N) is 3. The number of pyridine rings is 1. The largest absolute Gasteiger partial charge is 0.490 e. The lowest BCUT2D eigenvalue weighted by Gasteiger charge is -2.15. The summed E-state index contributed by atoms with van der Waals surface area (Å²) in [5.74, 6) is 0.177. The van der Waals surface area contributed by atoms with E-state index in [0.29, 0.717) is 23.6 Å². The Bertz CT molecular complexity index is 1400. The van der Waals surface area contributed by atoms with Crippen molar-refractivity contribution < 1.29 is 14.3 Å². The molecule has 1 aliphatic heterocycles.